The molecule has 0 saturated heterocycles. The number of fused-ring (bicyclic) bond motifs is 3. The summed E-state index contributed by atoms with van der Waals surface area (Å²) in [6, 6.07) is 4.36. The molecule has 0 spiro atoms. The average molecular weight is 318 g/mol. The van der Waals surface area contributed by atoms with Crippen molar-refractivity contribution in [3.63, 3.8) is 0 Å². The second kappa shape index (κ2) is 5.43. The Labute approximate surface area is 132 Å². The standard InChI is InChI=1S/C16H19FN4O2/c1-16(2,22)8-21-12(7-23-3)20-13-14(21)10-5-4-9(17)6-11(10)19-15(13)18/h4-6,22H,7-8H2,1-3H3,(H2,18,19). The molecule has 7 heteroatoms. The van der Waals surface area contributed by atoms with Crippen LogP contribution in [0.5, 0.6) is 0 Å². The monoisotopic (exact) mass is 318 g/mol. The summed E-state index contributed by atoms with van der Waals surface area (Å²) in [6.07, 6.45) is 0. The van der Waals surface area contributed by atoms with Gasteiger partial charge in [-0.25, -0.2) is 14.4 Å². The number of benzene rings is 1. The van der Waals surface area contributed by atoms with Gasteiger partial charge in [0, 0.05) is 18.6 Å². The molecule has 0 unspecified atom stereocenters. The van der Waals surface area contributed by atoms with Gasteiger partial charge in [-0.05, 0) is 26.0 Å². The van der Waals surface area contributed by atoms with E-state index in [1.807, 2.05) is 4.57 Å². The fraction of sp³-hybridized carbons (Fsp3) is 0.375. The fourth-order valence-corrected chi connectivity index (χ4v) is 2.73. The number of hydrogen-bond acceptors (Lipinski definition) is 5. The van der Waals surface area contributed by atoms with Crippen LogP contribution in [0.3, 0.4) is 0 Å². The molecule has 0 aliphatic rings. The number of nitrogen functional groups attached to an aromatic ring is 1. The molecule has 0 aliphatic heterocycles. The summed E-state index contributed by atoms with van der Waals surface area (Å²) >= 11 is 0. The number of aromatic nitrogens is 3. The predicted molar refractivity (Wildman–Crippen MR) is 86.4 cm³/mol. The number of anilines is 1. The first-order valence-electron chi connectivity index (χ1n) is 7.25. The quantitative estimate of drug-likeness (QED) is 0.770. The SMILES string of the molecule is COCc1nc2c(N)nc3cc(F)ccc3c2n1CC(C)(C)O. The number of ether oxygens (including phenoxy) is 1. The van der Waals surface area contributed by atoms with Crippen molar-refractivity contribution in [2.45, 2.75) is 32.6 Å². The highest BCUT2D eigenvalue weighted by Gasteiger charge is 2.22. The van der Waals surface area contributed by atoms with Crippen LogP contribution in [0.15, 0.2) is 18.2 Å². The van der Waals surface area contributed by atoms with Crippen LogP contribution in [0.25, 0.3) is 21.9 Å². The Kier molecular flexibility index (Phi) is 3.69. The third-order valence-electron chi connectivity index (χ3n) is 3.56. The van der Waals surface area contributed by atoms with E-state index in [9.17, 15) is 9.50 Å². The number of halogens is 1. The largest absolute Gasteiger partial charge is 0.389 e. The number of nitrogens with two attached hydrogens (primary N) is 1. The molecule has 0 atom stereocenters. The minimum atomic E-state index is -0.958. The topological polar surface area (TPSA) is 86.2 Å². The maximum atomic E-state index is 13.5. The van der Waals surface area contributed by atoms with Crippen molar-refractivity contribution in [1.82, 2.24) is 14.5 Å². The van der Waals surface area contributed by atoms with Gasteiger partial charge in [0.1, 0.15) is 23.8 Å². The number of rotatable bonds is 4. The maximum absolute atomic E-state index is 13.5. The van der Waals surface area contributed by atoms with Crippen LogP contribution in [-0.2, 0) is 17.9 Å². The Bertz CT molecular complexity index is 883. The summed E-state index contributed by atoms with van der Waals surface area (Å²) in [5.41, 5.74) is 6.75. The third kappa shape index (κ3) is 2.85. The van der Waals surface area contributed by atoms with Gasteiger partial charge in [-0.2, -0.15) is 0 Å². The van der Waals surface area contributed by atoms with Crippen LogP contribution in [0.1, 0.15) is 19.7 Å². The average Bonchev–Trinajstić information content (AvgIpc) is 2.77. The summed E-state index contributed by atoms with van der Waals surface area (Å²) in [5.74, 6) is 0.481. The molecule has 3 aromatic rings. The van der Waals surface area contributed by atoms with Gasteiger partial charge in [0.25, 0.3) is 0 Å². The molecule has 0 saturated carbocycles. The Morgan fingerprint density at radius 3 is 2.74 bits per heavy atom. The van der Waals surface area contributed by atoms with Crippen molar-refractivity contribution in [3.8, 4) is 0 Å². The molecule has 0 aliphatic carbocycles. The summed E-state index contributed by atoms with van der Waals surface area (Å²) in [7, 11) is 1.57. The Morgan fingerprint density at radius 1 is 1.35 bits per heavy atom. The van der Waals surface area contributed by atoms with E-state index in [4.69, 9.17) is 10.5 Å². The van der Waals surface area contributed by atoms with E-state index in [0.717, 1.165) is 10.9 Å². The zero-order chi connectivity index (χ0) is 16.8. The summed E-state index contributed by atoms with van der Waals surface area (Å²) in [6.45, 7) is 3.99. The van der Waals surface area contributed by atoms with Gasteiger partial charge in [0.05, 0.1) is 23.2 Å². The molecule has 3 N–H and O–H groups in total. The molecular formula is C16H19FN4O2. The summed E-state index contributed by atoms with van der Waals surface area (Å²) in [4.78, 5) is 8.74. The molecule has 23 heavy (non-hydrogen) atoms. The molecule has 2 aromatic heterocycles. The zero-order valence-electron chi connectivity index (χ0n) is 13.3. The van der Waals surface area contributed by atoms with Crippen LogP contribution < -0.4 is 5.73 Å². The van der Waals surface area contributed by atoms with Gasteiger partial charge in [0.2, 0.25) is 0 Å². The molecule has 6 nitrogen and oxygen atoms in total. The lowest BCUT2D eigenvalue weighted by atomic mass is 10.1. The normalized spacial score (nSPS) is 12.4. The Morgan fingerprint density at radius 2 is 2.09 bits per heavy atom. The smallest absolute Gasteiger partial charge is 0.152 e. The van der Waals surface area contributed by atoms with E-state index in [1.54, 1.807) is 27.0 Å². The second-order valence-corrected chi connectivity index (χ2v) is 6.22. The number of imidazole rings is 1. The molecule has 122 valence electrons. The lowest BCUT2D eigenvalue weighted by Crippen LogP contribution is -2.27. The van der Waals surface area contributed by atoms with E-state index >= 15 is 0 Å². The van der Waals surface area contributed by atoms with Crippen LogP contribution >= 0.6 is 0 Å². The first-order chi connectivity index (χ1) is 10.8. The molecule has 0 fully saturated rings. The van der Waals surface area contributed by atoms with Crippen molar-refractivity contribution < 1.29 is 14.2 Å². The number of nitrogens with zero attached hydrogens (tertiary/aromatic N) is 3. The van der Waals surface area contributed by atoms with Gasteiger partial charge in [0.15, 0.2) is 5.82 Å². The zero-order valence-corrected chi connectivity index (χ0v) is 13.3. The van der Waals surface area contributed by atoms with Crippen LogP contribution in [-0.4, -0.2) is 32.4 Å². The fourth-order valence-electron chi connectivity index (χ4n) is 2.73. The lowest BCUT2D eigenvalue weighted by Gasteiger charge is -2.20. The van der Waals surface area contributed by atoms with Crippen LogP contribution in [0.4, 0.5) is 10.2 Å². The third-order valence-corrected chi connectivity index (χ3v) is 3.56. The highest BCUT2D eigenvalue weighted by atomic mass is 19.1. The molecule has 3 rings (SSSR count). The first kappa shape index (κ1) is 15.6. The first-order valence-corrected chi connectivity index (χ1v) is 7.25. The van der Waals surface area contributed by atoms with E-state index in [2.05, 4.69) is 9.97 Å². The predicted octanol–water partition coefficient (Wildman–Crippen LogP) is 2.22. The van der Waals surface area contributed by atoms with Crippen molar-refractivity contribution in [1.29, 1.82) is 0 Å². The van der Waals surface area contributed by atoms with Crippen LogP contribution in [0, 0.1) is 5.82 Å². The summed E-state index contributed by atoms with van der Waals surface area (Å²) in [5, 5.41) is 11.0. The number of aliphatic hydroxyl groups is 1. The number of pyridine rings is 1. The highest BCUT2D eigenvalue weighted by molar-refractivity contribution is 6.06. The molecule has 2 heterocycles. The summed E-state index contributed by atoms with van der Waals surface area (Å²) < 4.78 is 20.6. The maximum Gasteiger partial charge on any atom is 0.152 e. The van der Waals surface area contributed by atoms with Gasteiger partial charge in [-0.3, -0.25) is 0 Å². The van der Waals surface area contributed by atoms with Gasteiger partial charge in [-0.1, -0.05) is 0 Å². The minimum absolute atomic E-state index is 0.227. The Balaban J connectivity index is 2.40. The molecular weight excluding hydrogens is 299 g/mol. The van der Waals surface area contributed by atoms with E-state index in [-0.39, 0.29) is 18.2 Å². The van der Waals surface area contributed by atoms with Crippen LogP contribution in [0.2, 0.25) is 0 Å². The molecule has 0 amide bonds. The van der Waals surface area contributed by atoms with Gasteiger partial charge in [-0.15, -0.1) is 0 Å². The Hall–Kier alpha value is -2.25. The number of hydrogen-bond donors (Lipinski definition) is 2. The van der Waals surface area contributed by atoms with E-state index < -0.39 is 5.60 Å². The van der Waals surface area contributed by atoms with Crippen molar-refractivity contribution in [3.05, 3.63) is 29.8 Å². The van der Waals surface area contributed by atoms with Crippen molar-refractivity contribution >= 4 is 27.8 Å². The van der Waals surface area contributed by atoms with Gasteiger partial charge >= 0.3 is 0 Å². The van der Waals surface area contributed by atoms with Gasteiger partial charge < -0.3 is 20.1 Å². The number of methoxy groups -OCH3 is 1. The second-order valence-electron chi connectivity index (χ2n) is 6.22. The minimum Gasteiger partial charge on any atom is -0.389 e. The van der Waals surface area contributed by atoms with E-state index in [0.29, 0.717) is 23.4 Å². The van der Waals surface area contributed by atoms with E-state index in [1.165, 1.54) is 12.1 Å². The molecule has 0 bridgehead atoms. The highest BCUT2D eigenvalue weighted by Crippen LogP contribution is 2.30. The van der Waals surface area contributed by atoms with Crippen molar-refractivity contribution in [2.75, 3.05) is 12.8 Å². The van der Waals surface area contributed by atoms with Crippen molar-refractivity contribution in [2.24, 2.45) is 0 Å². The lowest BCUT2D eigenvalue weighted by molar-refractivity contribution is 0.0597. The molecule has 1 aromatic carbocycles. The molecule has 0 radical (unpaired) electrons.